The van der Waals surface area contributed by atoms with E-state index in [-0.39, 0.29) is 12.7 Å². The third-order valence-corrected chi connectivity index (χ3v) is 5.31. The van der Waals surface area contributed by atoms with Crippen molar-refractivity contribution in [3.63, 3.8) is 0 Å². The first-order chi connectivity index (χ1) is 10.8. The van der Waals surface area contributed by atoms with Crippen molar-refractivity contribution in [2.45, 2.75) is 51.7 Å². The molecule has 0 aromatic carbocycles. The van der Waals surface area contributed by atoms with E-state index >= 15 is 0 Å². The average Bonchev–Trinajstić information content (AvgIpc) is 2.83. The third kappa shape index (κ3) is 3.34. The fourth-order valence-corrected chi connectivity index (χ4v) is 4.18. The predicted octanol–water partition coefficient (Wildman–Crippen LogP) is 1.08. The van der Waals surface area contributed by atoms with Crippen LogP contribution in [0.2, 0.25) is 0 Å². The zero-order valence-electron chi connectivity index (χ0n) is 13.1. The first kappa shape index (κ1) is 16.6. The lowest BCUT2D eigenvalue weighted by Gasteiger charge is -2.30. The summed E-state index contributed by atoms with van der Waals surface area (Å²) in [5.74, 6) is 0. The normalized spacial score (nSPS) is 33.8. The Kier molecular flexibility index (Phi) is 4.33. The second-order valence-electron chi connectivity index (χ2n) is 5.88. The number of rotatable bonds is 3. The maximum Gasteiger partial charge on any atom is 0.475 e. The molecule has 1 aromatic heterocycles. The van der Waals surface area contributed by atoms with E-state index in [1.54, 1.807) is 20.8 Å². The molecular formula is C13H19N2O7P. The van der Waals surface area contributed by atoms with E-state index in [4.69, 9.17) is 18.3 Å². The molecule has 2 fully saturated rings. The van der Waals surface area contributed by atoms with Crippen LogP contribution in [0.5, 0.6) is 0 Å². The van der Waals surface area contributed by atoms with Crippen molar-refractivity contribution in [3.8, 4) is 0 Å². The van der Waals surface area contributed by atoms with Crippen molar-refractivity contribution >= 4 is 7.82 Å². The molecule has 1 N–H and O–H groups in total. The third-order valence-electron chi connectivity index (χ3n) is 3.64. The lowest BCUT2D eigenvalue weighted by atomic mass is 10.2. The highest BCUT2D eigenvalue weighted by molar-refractivity contribution is 7.48. The van der Waals surface area contributed by atoms with Gasteiger partial charge >= 0.3 is 13.5 Å². The number of phosphoric acid groups is 1. The summed E-state index contributed by atoms with van der Waals surface area (Å²) < 4.78 is 35.3. The lowest BCUT2D eigenvalue weighted by Crippen LogP contribution is -2.34. The fourth-order valence-electron chi connectivity index (χ4n) is 2.61. The van der Waals surface area contributed by atoms with Gasteiger partial charge in [-0.15, -0.1) is 0 Å². The molecule has 0 amide bonds. The molecular weight excluding hydrogens is 327 g/mol. The Morgan fingerprint density at radius 2 is 2.13 bits per heavy atom. The summed E-state index contributed by atoms with van der Waals surface area (Å²) in [5.41, 5.74) is -0.600. The number of aromatic nitrogens is 2. The van der Waals surface area contributed by atoms with Gasteiger partial charge < -0.3 is 4.74 Å². The van der Waals surface area contributed by atoms with E-state index in [1.165, 1.54) is 10.8 Å². The van der Waals surface area contributed by atoms with Gasteiger partial charge in [0.1, 0.15) is 18.4 Å². The number of aromatic amines is 1. The Labute approximate surface area is 132 Å². The van der Waals surface area contributed by atoms with Crippen molar-refractivity contribution in [2.24, 2.45) is 0 Å². The summed E-state index contributed by atoms with van der Waals surface area (Å²) in [7, 11) is -3.61. The van der Waals surface area contributed by atoms with Gasteiger partial charge in [0.15, 0.2) is 0 Å². The molecule has 2 saturated heterocycles. The van der Waals surface area contributed by atoms with Crippen LogP contribution in [-0.4, -0.2) is 34.5 Å². The highest BCUT2D eigenvalue weighted by Gasteiger charge is 2.48. The Hall–Kier alpha value is -1.25. The zero-order chi connectivity index (χ0) is 16.8. The summed E-state index contributed by atoms with van der Waals surface area (Å²) in [5, 5.41) is 0. The van der Waals surface area contributed by atoms with Gasteiger partial charge in [0.2, 0.25) is 0 Å². The van der Waals surface area contributed by atoms with Crippen LogP contribution in [0.3, 0.4) is 0 Å². The van der Waals surface area contributed by atoms with Crippen LogP contribution in [-0.2, 0) is 22.9 Å². The second-order valence-corrected chi connectivity index (χ2v) is 7.46. The smallest absolute Gasteiger partial charge is 0.349 e. The molecule has 0 unspecified atom stereocenters. The molecule has 23 heavy (non-hydrogen) atoms. The highest BCUT2D eigenvalue weighted by atomic mass is 31.2. The largest absolute Gasteiger partial charge is 0.475 e. The molecule has 0 bridgehead atoms. The van der Waals surface area contributed by atoms with Gasteiger partial charge in [-0.05, 0) is 20.8 Å². The van der Waals surface area contributed by atoms with Crippen LogP contribution in [0.4, 0.5) is 0 Å². The first-order valence-electron chi connectivity index (χ1n) is 7.36. The SMILES string of the molecule is Cc1cn([C@H]2C[C@@H]3O[P@](=O)(OC(C)C)OC[C@H]3O2)c(=O)[nH]c1=O. The molecule has 0 aliphatic carbocycles. The number of H-pyrrole nitrogens is 1. The summed E-state index contributed by atoms with van der Waals surface area (Å²) in [6.07, 6.45) is -0.129. The van der Waals surface area contributed by atoms with E-state index in [2.05, 4.69) is 4.98 Å². The summed E-state index contributed by atoms with van der Waals surface area (Å²) in [6.45, 7) is 5.12. The van der Waals surface area contributed by atoms with E-state index < -0.39 is 37.5 Å². The molecule has 4 atom stereocenters. The van der Waals surface area contributed by atoms with Crippen molar-refractivity contribution in [2.75, 3.05) is 6.61 Å². The molecule has 3 heterocycles. The fraction of sp³-hybridized carbons (Fsp3) is 0.692. The summed E-state index contributed by atoms with van der Waals surface area (Å²) >= 11 is 0. The van der Waals surface area contributed by atoms with Gasteiger partial charge in [-0.3, -0.25) is 27.9 Å². The van der Waals surface area contributed by atoms with Crippen LogP contribution in [0.15, 0.2) is 15.8 Å². The molecule has 0 saturated carbocycles. The van der Waals surface area contributed by atoms with Gasteiger partial charge in [0.05, 0.1) is 12.7 Å². The van der Waals surface area contributed by atoms with Crippen LogP contribution < -0.4 is 11.2 Å². The van der Waals surface area contributed by atoms with E-state index in [9.17, 15) is 14.2 Å². The molecule has 9 nitrogen and oxygen atoms in total. The van der Waals surface area contributed by atoms with Gasteiger partial charge in [-0.2, -0.15) is 0 Å². The number of hydrogen-bond acceptors (Lipinski definition) is 7. The molecule has 0 spiro atoms. The minimum absolute atomic E-state index is 0.0578. The average molecular weight is 346 g/mol. The van der Waals surface area contributed by atoms with E-state index in [0.717, 1.165) is 0 Å². The molecule has 0 radical (unpaired) electrons. The van der Waals surface area contributed by atoms with Crippen molar-refractivity contribution in [1.29, 1.82) is 0 Å². The molecule has 128 valence electrons. The number of fused-ring (bicyclic) bond motifs is 1. The topological polar surface area (TPSA) is 109 Å². The van der Waals surface area contributed by atoms with Gasteiger partial charge in [-0.25, -0.2) is 9.36 Å². The standard InChI is InChI=1S/C13H19N2O7P/c1-7(2)21-23(18)19-6-10-9(22-23)4-11(20-10)15-5-8(3)12(16)14-13(15)17/h5,7,9-11H,4,6H2,1-3H3,(H,14,16,17)/t9-,10+,11+,23-/m0/s1. The Balaban J connectivity index is 1.79. The minimum Gasteiger partial charge on any atom is -0.349 e. The number of nitrogens with zero attached hydrogens (tertiary/aromatic N) is 1. The molecule has 2 aliphatic heterocycles. The molecule has 2 aliphatic rings. The van der Waals surface area contributed by atoms with Crippen molar-refractivity contribution in [3.05, 3.63) is 32.6 Å². The van der Waals surface area contributed by atoms with Gasteiger partial charge in [-0.1, -0.05) is 0 Å². The minimum atomic E-state index is -3.61. The number of hydrogen-bond donors (Lipinski definition) is 1. The maximum atomic E-state index is 12.4. The van der Waals surface area contributed by atoms with Crippen LogP contribution in [0.1, 0.15) is 32.1 Å². The Morgan fingerprint density at radius 3 is 2.83 bits per heavy atom. The first-order valence-corrected chi connectivity index (χ1v) is 8.82. The Morgan fingerprint density at radius 1 is 1.39 bits per heavy atom. The van der Waals surface area contributed by atoms with Crippen LogP contribution in [0.25, 0.3) is 0 Å². The van der Waals surface area contributed by atoms with E-state index in [1.807, 2.05) is 0 Å². The molecule has 1 aromatic rings. The monoisotopic (exact) mass is 346 g/mol. The van der Waals surface area contributed by atoms with E-state index in [0.29, 0.717) is 12.0 Å². The molecule has 3 rings (SSSR count). The predicted molar refractivity (Wildman–Crippen MR) is 79.2 cm³/mol. The number of aryl methyl sites for hydroxylation is 1. The van der Waals surface area contributed by atoms with Crippen LogP contribution in [0, 0.1) is 6.92 Å². The summed E-state index contributed by atoms with van der Waals surface area (Å²) in [6, 6.07) is 0. The van der Waals surface area contributed by atoms with Gasteiger partial charge in [0, 0.05) is 18.2 Å². The zero-order valence-corrected chi connectivity index (χ0v) is 13.9. The number of phosphoric ester groups is 1. The number of ether oxygens (including phenoxy) is 1. The second kappa shape index (κ2) is 5.99. The molecule has 10 heteroatoms. The number of nitrogens with one attached hydrogen (secondary N) is 1. The van der Waals surface area contributed by atoms with Crippen molar-refractivity contribution < 1.29 is 22.9 Å². The van der Waals surface area contributed by atoms with Crippen molar-refractivity contribution in [1.82, 2.24) is 9.55 Å². The lowest BCUT2D eigenvalue weighted by molar-refractivity contribution is -0.0749. The van der Waals surface area contributed by atoms with Gasteiger partial charge in [0.25, 0.3) is 5.56 Å². The van der Waals surface area contributed by atoms with Crippen LogP contribution >= 0.6 is 7.82 Å². The Bertz CT molecular complexity index is 755. The quantitative estimate of drug-likeness (QED) is 0.816. The summed E-state index contributed by atoms with van der Waals surface area (Å²) in [4.78, 5) is 25.6. The highest BCUT2D eigenvalue weighted by Crippen LogP contribution is 2.57. The maximum absolute atomic E-state index is 12.4.